The van der Waals surface area contributed by atoms with Gasteiger partial charge in [0.25, 0.3) is 0 Å². The minimum Gasteiger partial charge on any atom is -0.493 e. The molecule has 0 spiro atoms. The number of nitrogens with zero attached hydrogens (tertiary/aromatic N) is 1. The number of aliphatic hydroxyl groups is 1. The summed E-state index contributed by atoms with van der Waals surface area (Å²) in [6.07, 6.45) is -0.919. The molecule has 0 aliphatic rings. The Morgan fingerprint density at radius 1 is 1.31 bits per heavy atom. The molecule has 0 saturated carbocycles. The van der Waals surface area contributed by atoms with Gasteiger partial charge in [0.2, 0.25) is 5.88 Å². The molecule has 0 bridgehead atoms. The zero-order valence-electron chi connectivity index (χ0n) is 8.71. The van der Waals surface area contributed by atoms with E-state index < -0.39 is 11.8 Å². The Kier molecular flexibility index (Phi) is 2.54. The third kappa shape index (κ3) is 1.61. The van der Waals surface area contributed by atoms with Crippen molar-refractivity contribution in [3.05, 3.63) is 46.5 Å². The van der Waals surface area contributed by atoms with Crippen LogP contribution in [0.25, 0.3) is 5.69 Å². The maximum Gasteiger partial charge on any atom is 0.333 e. The summed E-state index contributed by atoms with van der Waals surface area (Å²) >= 11 is 0. The van der Waals surface area contributed by atoms with E-state index in [1.165, 1.54) is 6.92 Å². The van der Waals surface area contributed by atoms with Crippen LogP contribution in [-0.4, -0.2) is 19.8 Å². The Balaban J connectivity index is 2.63. The second-order valence-corrected chi connectivity index (χ2v) is 3.51. The third-order valence-corrected chi connectivity index (χ3v) is 2.33. The molecule has 0 radical (unpaired) electrons. The molecular formula is C11H12N2O3. The van der Waals surface area contributed by atoms with Crippen molar-refractivity contribution in [1.82, 2.24) is 9.55 Å². The molecule has 5 nitrogen and oxygen atoms in total. The van der Waals surface area contributed by atoms with E-state index in [0.29, 0.717) is 5.69 Å². The molecule has 16 heavy (non-hydrogen) atoms. The van der Waals surface area contributed by atoms with Crippen LogP contribution >= 0.6 is 0 Å². The lowest BCUT2D eigenvalue weighted by molar-refractivity contribution is 0.190. The van der Waals surface area contributed by atoms with Crippen molar-refractivity contribution in [1.29, 1.82) is 0 Å². The first-order valence-electron chi connectivity index (χ1n) is 4.88. The fourth-order valence-corrected chi connectivity index (χ4v) is 1.55. The molecule has 84 valence electrons. The normalized spacial score (nSPS) is 12.6. The highest BCUT2D eigenvalue weighted by atomic mass is 16.3. The van der Waals surface area contributed by atoms with Crippen LogP contribution < -0.4 is 5.69 Å². The number of hydrogen-bond donors (Lipinski definition) is 3. The fraction of sp³-hybridized carbons (Fsp3) is 0.182. The number of aliphatic hydroxyl groups excluding tert-OH is 1. The molecule has 0 fully saturated rings. The predicted octanol–water partition coefficient (Wildman–Crippen LogP) is 0.924. The van der Waals surface area contributed by atoms with Crippen LogP contribution in [0.4, 0.5) is 0 Å². The number of imidazole rings is 1. The monoisotopic (exact) mass is 220 g/mol. The third-order valence-electron chi connectivity index (χ3n) is 2.33. The van der Waals surface area contributed by atoms with E-state index in [1.807, 2.05) is 6.07 Å². The van der Waals surface area contributed by atoms with Gasteiger partial charge in [-0.2, -0.15) is 0 Å². The molecule has 1 atom stereocenters. The van der Waals surface area contributed by atoms with Crippen LogP contribution in [0.15, 0.2) is 35.1 Å². The van der Waals surface area contributed by atoms with Crippen molar-refractivity contribution in [2.24, 2.45) is 0 Å². The van der Waals surface area contributed by atoms with Gasteiger partial charge in [-0.3, -0.25) is 0 Å². The summed E-state index contributed by atoms with van der Waals surface area (Å²) in [5.41, 5.74) is 0.196. The SMILES string of the molecule is CC(O)c1[nH]c(=O)n(-c2ccccc2)c1O. The smallest absolute Gasteiger partial charge is 0.333 e. The molecule has 1 heterocycles. The van der Waals surface area contributed by atoms with Crippen LogP contribution in [-0.2, 0) is 0 Å². The molecule has 1 aromatic carbocycles. The number of nitrogens with one attached hydrogen (secondary N) is 1. The Labute approximate surface area is 91.6 Å². The number of benzene rings is 1. The molecule has 2 rings (SSSR count). The Hall–Kier alpha value is -2.01. The van der Waals surface area contributed by atoms with Gasteiger partial charge in [-0.25, -0.2) is 9.36 Å². The lowest BCUT2D eigenvalue weighted by Gasteiger charge is -2.04. The lowest BCUT2D eigenvalue weighted by Crippen LogP contribution is -2.14. The highest BCUT2D eigenvalue weighted by Crippen LogP contribution is 2.22. The summed E-state index contributed by atoms with van der Waals surface area (Å²) in [4.78, 5) is 14.0. The summed E-state index contributed by atoms with van der Waals surface area (Å²) in [6.45, 7) is 1.47. The molecule has 0 aliphatic heterocycles. The predicted molar refractivity (Wildman–Crippen MR) is 58.7 cm³/mol. The van der Waals surface area contributed by atoms with Crippen LogP contribution in [0, 0.1) is 0 Å². The number of aromatic nitrogens is 2. The van der Waals surface area contributed by atoms with Crippen LogP contribution in [0.3, 0.4) is 0 Å². The van der Waals surface area contributed by atoms with E-state index in [2.05, 4.69) is 4.98 Å². The number of aromatic hydroxyl groups is 1. The van der Waals surface area contributed by atoms with Gasteiger partial charge in [0.1, 0.15) is 5.69 Å². The van der Waals surface area contributed by atoms with E-state index in [4.69, 9.17) is 0 Å². The van der Waals surface area contributed by atoms with E-state index in [0.717, 1.165) is 4.57 Å². The molecule has 5 heteroatoms. The first-order valence-corrected chi connectivity index (χ1v) is 4.88. The average Bonchev–Trinajstić information content (AvgIpc) is 2.56. The maximum atomic E-state index is 11.6. The van der Waals surface area contributed by atoms with Crippen LogP contribution in [0.5, 0.6) is 5.88 Å². The van der Waals surface area contributed by atoms with Gasteiger partial charge >= 0.3 is 5.69 Å². The van der Waals surface area contributed by atoms with Crippen molar-refractivity contribution in [2.45, 2.75) is 13.0 Å². The highest BCUT2D eigenvalue weighted by Gasteiger charge is 2.17. The minimum atomic E-state index is -0.919. The summed E-state index contributed by atoms with van der Waals surface area (Å²) in [7, 11) is 0. The van der Waals surface area contributed by atoms with Gasteiger partial charge in [0.05, 0.1) is 11.8 Å². The molecule has 1 aromatic heterocycles. The molecule has 0 aliphatic carbocycles. The van der Waals surface area contributed by atoms with Gasteiger partial charge in [-0.15, -0.1) is 0 Å². The lowest BCUT2D eigenvalue weighted by atomic mass is 10.3. The van der Waals surface area contributed by atoms with E-state index in [-0.39, 0.29) is 11.6 Å². The zero-order valence-corrected chi connectivity index (χ0v) is 8.71. The average molecular weight is 220 g/mol. The first-order chi connectivity index (χ1) is 7.61. The van der Waals surface area contributed by atoms with Gasteiger partial charge in [-0.1, -0.05) is 18.2 Å². The van der Waals surface area contributed by atoms with E-state index in [1.54, 1.807) is 24.3 Å². The summed E-state index contributed by atoms with van der Waals surface area (Å²) in [5.74, 6) is -0.258. The first kappa shape index (κ1) is 10.5. The minimum absolute atomic E-state index is 0.119. The number of hydrogen-bond acceptors (Lipinski definition) is 3. The molecule has 0 amide bonds. The molecular weight excluding hydrogens is 208 g/mol. The standard InChI is InChI=1S/C11H12N2O3/c1-7(14)9-10(15)13(11(16)12-9)8-5-3-2-4-6-8/h2-7,14-15H,1H3,(H,12,16). The summed E-state index contributed by atoms with van der Waals surface area (Å²) in [5, 5.41) is 19.2. The van der Waals surface area contributed by atoms with Crippen molar-refractivity contribution in [2.75, 3.05) is 0 Å². The zero-order chi connectivity index (χ0) is 11.7. The van der Waals surface area contributed by atoms with Gasteiger partial charge in [0.15, 0.2) is 0 Å². The van der Waals surface area contributed by atoms with E-state index >= 15 is 0 Å². The number of H-pyrrole nitrogens is 1. The number of rotatable bonds is 2. The van der Waals surface area contributed by atoms with E-state index in [9.17, 15) is 15.0 Å². The van der Waals surface area contributed by atoms with Crippen molar-refractivity contribution in [3.8, 4) is 11.6 Å². The number of aromatic amines is 1. The number of para-hydroxylation sites is 1. The Bertz CT molecular complexity index is 540. The van der Waals surface area contributed by atoms with Gasteiger partial charge in [0, 0.05) is 0 Å². The second kappa shape index (κ2) is 3.86. The van der Waals surface area contributed by atoms with Crippen LogP contribution in [0.2, 0.25) is 0 Å². The van der Waals surface area contributed by atoms with Gasteiger partial charge < -0.3 is 15.2 Å². The second-order valence-electron chi connectivity index (χ2n) is 3.51. The van der Waals surface area contributed by atoms with Crippen molar-refractivity contribution < 1.29 is 10.2 Å². The maximum absolute atomic E-state index is 11.6. The summed E-state index contributed by atoms with van der Waals surface area (Å²) < 4.78 is 1.11. The molecule has 0 saturated heterocycles. The Morgan fingerprint density at radius 3 is 2.44 bits per heavy atom. The largest absolute Gasteiger partial charge is 0.493 e. The topological polar surface area (TPSA) is 78.2 Å². The fourth-order valence-electron chi connectivity index (χ4n) is 1.55. The van der Waals surface area contributed by atoms with Gasteiger partial charge in [-0.05, 0) is 19.1 Å². The molecule has 1 unspecified atom stereocenters. The molecule has 3 N–H and O–H groups in total. The summed E-state index contributed by atoms with van der Waals surface area (Å²) in [6, 6.07) is 8.72. The van der Waals surface area contributed by atoms with Crippen molar-refractivity contribution >= 4 is 0 Å². The van der Waals surface area contributed by atoms with Crippen molar-refractivity contribution in [3.63, 3.8) is 0 Å². The quantitative estimate of drug-likeness (QED) is 0.704. The van der Waals surface area contributed by atoms with Crippen LogP contribution in [0.1, 0.15) is 18.7 Å². The highest BCUT2D eigenvalue weighted by molar-refractivity contribution is 5.37. The molecule has 2 aromatic rings. The Morgan fingerprint density at radius 2 is 1.94 bits per heavy atom.